The predicted octanol–water partition coefficient (Wildman–Crippen LogP) is 1.70. The van der Waals surface area contributed by atoms with Gasteiger partial charge in [-0.3, -0.25) is 4.79 Å². The number of rotatable bonds is 9. The van der Waals surface area contributed by atoms with Crippen LogP contribution in [0.1, 0.15) is 6.42 Å². The second-order valence-electron chi connectivity index (χ2n) is 6.95. The fourth-order valence-corrected chi connectivity index (χ4v) is 4.30. The van der Waals surface area contributed by atoms with Gasteiger partial charge in [0.25, 0.3) is 5.91 Å². The number of ether oxygens (including phenoxy) is 1. The number of nitrogens with one attached hydrogen (secondary N) is 2. The van der Waals surface area contributed by atoms with E-state index >= 15 is 0 Å². The summed E-state index contributed by atoms with van der Waals surface area (Å²) in [5.41, 5.74) is 1.14. The summed E-state index contributed by atoms with van der Waals surface area (Å²) in [6.07, 6.45) is 0.988. The number of para-hydroxylation sites is 2. The molecular weight excluding hydrogens is 370 g/mol. The van der Waals surface area contributed by atoms with Crippen molar-refractivity contribution in [2.45, 2.75) is 11.3 Å². The maximum Gasteiger partial charge on any atom is 0.275 e. The number of anilines is 1. The predicted molar refractivity (Wildman–Crippen MR) is 116 cm³/mol. The Morgan fingerprint density at radius 3 is 2.57 bits per heavy atom. The van der Waals surface area contributed by atoms with Gasteiger partial charge in [0.1, 0.15) is 5.75 Å². The highest BCUT2D eigenvalue weighted by Crippen LogP contribution is 2.27. The Hall–Kier alpha value is -2.18. The van der Waals surface area contributed by atoms with E-state index in [1.54, 1.807) is 7.11 Å². The number of piperazine rings is 1. The standard InChI is InChI=1S/C22H29N3O2S/c1-27-21-11-6-5-10-20(21)25-15-13-24(14-16-25)18-22(26)23-12-7-17-28-19-8-3-2-4-9-19/h2-6,8-11H,7,12-18H2,1H3,(H,23,26)/p+1. The van der Waals surface area contributed by atoms with Crippen molar-refractivity contribution in [3.05, 3.63) is 54.6 Å². The molecule has 1 heterocycles. The number of benzene rings is 2. The summed E-state index contributed by atoms with van der Waals surface area (Å²) in [7, 11) is 1.71. The van der Waals surface area contributed by atoms with Crippen molar-refractivity contribution in [2.24, 2.45) is 0 Å². The van der Waals surface area contributed by atoms with Gasteiger partial charge in [0.05, 0.1) is 39.0 Å². The summed E-state index contributed by atoms with van der Waals surface area (Å²) >= 11 is 1.84. The Morgan fingerprint density at radius 2 is 1.82 bits per heavy atom. The highest BCUT2D eigenvalue weighted by Gasteiger charge is 2.23. The van der Waals surface area contributed by atoms with Crippen LogP contribution in [0, 0.1) is 0 Å². The van der Waals surface area contributed by atoms with Crippen molar-refractivity contribution in [3.8, 4) is 5.75 Å². The number of hydrogen-bond acceptors (Lipinski definition) is 4. The molecule has 0 aliphatic carbocycles. The Balaban J connectivity index is 1.31. The first-order valence-corrected chi connectivity index (χ1v) is 10.9. The van der Waals surface area contributed by atoms with Gasteiger partial charge >= 0.3 is 0 Å². The number of carbonyl (C=O) groups excluding carboxylic acids is 1. The Bertz CT molecular complexity index is 734. The minimum atomic E-state index is 0.158. The van der Waals surface area contributed by atoms with Gasteiger partial charge in [-0.25, -0.2) is 0 Å². The average Bonchev–Trinajstić information content (AvgIpc) is 2.75. The molecular formula is C22H30N3O2S+. The van der Waals surface area contributed by atoms with E-state index in [4.69, 9.17) is 4.74 Å². The third-order valence-corrected chi connectivity index (χ3v) is 6.06. The Labute approximate surface area is 172 Å². The topological polar surface area (TPSA) is 46.0 Å². The lowest BCUT2D eigenvalue weighted by Crippen LogP contribution is -3.15. The van der Waals surface area contributed by atoms with Gasteiger partial charge in [0.15, 0.2) is 6.54 Å². The first-order chi connectivity index (χ1) is 13.8. The van der Waals surface area contributed by atoms with Crippen molar-refractivity contribution >= 4 is 23.4 Å². The van der Waals surface area contributed by atoms with Gasteiger partial charge in [-0.1, -0.05) is 30.3 Å². The zero-order chi connectivity index (χ0) is 19.6. The van der Waals surface area contributed by atoms with Gasteiger partial charge in [0, 0.05) is 11.4 Å². The molecule has 1 aliphatic heterocycles. The first-order valence-electron chi connectivity index (χ1n) is 9.92. The lowest BCUT2D eigenvalue weighted by atomic mass is 10.2. The number of carbonyl (C=O) groups is 1. The molecule has 28 heavy (non-hydrogen) atoms. The van der Waals surface area contributed by atoms with Gasteiger partial charge in [-0.15, -0.1) is 11.8 Å². The summed E-state index contributed by atoms with van der Waals surface area (Å²) in [6, 6.07) is 18.5. The van der Waals surface area contributed by atoms with Crippen LogP contribution in [0.3, 0.4) is 0 Å². The van der Waals surface area contributed by atoms with E-state index in [1.807, 2.05) is 36.0 Å². The molecule has 5 nitrogen and oxygen atoms in total. The molecule has 1 saturated heterocycles. The van der Waals surface area contributed by atoms with E-state index < -0.39 is 0 Å². The smallest absolute Gasteiger partial charge is 0.275 e. The van der Waals surface area contributed by atoms with E-state index in [1.165, 1.54) is 9.80 Å². The number of methoxy groups -OCH3 is 1. The SMILES string of the molecule is COc1ccccc1N1CC[NH+](CC(=O)NCCCSc2ccccc2)CC1. The summed E-state index contributed by atoms with van der Waals surface area (Å²) in [6.45, 7) is 5.13. The quantitative estimate of drug-likeness (QED) is 0.497. The molecule has 1 fully saturated rings. The largest absolute Gasteiger partial charge is 0.495 e. The summed E-state index contributed by atoms with van der Waals surface area (Å²) < 4.78 is 5.47. The van der Waals surface area contributed by atoms with Gasteiger partial charge in [0.2, 0.25) is 0 Å². The van der Waals surface area contributed by atoms with Crippen LogP contribution in [0.25, 0.3) is 0 Å². The fraction of sp³-hybridized carbons (Fsp3) is 0.409. The van der Waals surface area contributed by atoms with Crippen molar-refractivity contribution < 1.29 is 14.4 Å². The molecule has 0 spiro atoms. The van der Waals surface area contributed by atoms with Gasteiger partial charge in [-0.2, -0.15) is 0 Å². The van der Waals surface area contributed by atoms with Crippen molar-refractivity contribution in [1.29, 1.82) is 0 Å². The van der Waals surface area contributed by atoms with E-state index in [9.17, 15) is 4.79 Å². The van der Waals surface area contributed by atoms with Crippen LogP contribution in [0.15, 0.2) is 59.5 Å². The van der Waals surface area contributed by atoms with Gasteiger partial charge < -0.3 is 19.9 Å². The molecule has 3 rings (SSSR count). The van der Waals surface area contributed by atoms with E-state index in [2.05, 4.69) is 40.5 Å². The molecule has 0 aromatic heterocycles. The van der Waals surface area contributed by atoms with E-state index in [-0.39, 0.29) is 5.91 Å². The minimum Gasteiger partial charge on any atom is -0.495 e. The lowest BCUT2D eigenvalue weighted by Gasteiger charge is -2.34. The van der Waals surface area contributed by atoms with E-state index in [0.29, 0.717) is 6.54 Å². The Kier molecular flexibility index (Phi) is 8.06. The highest BCUT2D eigenvalue weighted by molar-refractivity contribution is 7.99. The number of hydrogen-bond donors (Lipinski definition) is 2. The zero-order valence-corrected chi connectivity index (χ0v) is 17.3. The third kappa shape index (κ3) is 6.17. The zero-order valence-electron chi connectivity index (χ0n) is 16.5. The molecule has 6 heteroatoms. The summed E-state index contributed by atoms with van der Waals surface area (Å²) in [4.78, 5) is 17.2. The van der Waals surface area contributed by atoms with Gasteiger partial charge in [-0.05, 0) is 36.4 Å². The number of nitrogens with zero attached hydrogens (tertiary/aromatic N) is 1. The number of quaternary nitrogens is 1. The monoisotopic (exact) mass is 400 g/mol. The van der Waals surface area contributed by atoms with Crippen LogP contribution in [-0.4, -0.2) is 58.0 Å². The van der Waals surface area contributed by atoms with Crippen LogP contribution in [0.2, 0.25) is 0 Å². The van der Waals surface area contributed by atoms with Crippen LogP contribution in [0.5, 0.6) is 5.75 Å². The fourth-order valence-electron chi connectivity index (χ4n) is 3.43. The number of amides is 1. The lowest BCUT2D eigenvalue weighted by molar-refractivity contribution is -0.892. The van der Waals surface area contributed by atoms with Crippen LogP contribution in [-0.2, 0) is 4.79 Å². The Morgan fingerprint density at radius 1 is 1.11 bits per heavy atom. The molecule has 1 amide bonds. The molecule has 2 aromatic rings. The maximum absolute atomic E-state index is 12.2. The molecule has 0 radical (unpaired) electrons. The van der Waals surface area contributed by atoms with Crippen LogP contribution in [0.4, 0.5) is 5.69 Å². The van der Waals surface area contributed by atoms with Crippen molar-refractivity contribution in [3.63, 3.8) is 0 Å². The summed E-state index contributed by atoms with van der Waals surface area (Å²) in [5, 5.41) is 3.07. The molecule has 0 saturated carbocycles. The molecule has 2 aromatic carbocycles. The second-order valence-corrected chi connectivity index (χ2v) is 8.12. The molecule has 150 valence electrons. The normalized spacial score (nSPS) is 14.7. The number of thioether (sulfide) groups is 1. The van der Waals surface area contributed by atoms with Crippen LogP contribution < -0.4 is 19.9 Å². The van der Waals surface area contributed by atoms with Crippen molar-refractivity contribution in [2.75, 3.05) is 57.0 Å². The summed E-state index contributed by atoms with van der Waals surface area (Å²) in [5.74, 6) is 2.09. The molecule has 0 atom stereocenters. The third-order valence-electron chi connectivity index (χ3n) is 4.96. The maximum atomic E-state index is 12.2. The molecule has 1 aliphatic rings. The highest BCUT2D eigenvalue weighted by atomic mass is 32.2. The van der Waals surface area contributed by atoms with Crippen LogP contribution >= 0.6 is 11.8 Å². The molecule has 0 unspecified atom stereocenters. The minimum absolute atomic E-state index is 0.158. The average molecular weight is 401 g/mol. The molecule has 2 N–H and O–H groups in total. The van der Waals surface area contributed by atoms with E-state index in [0.717, 1.165) is 56.3 Å². The second kappa shape index (κ2) is 11.0. The first kappa shape index (κ1) is 20.6. The van der Waals surface area contributed by atoms with Crippen molar-refractivity contribution in [1.82, 2.24) is 5.32 Å². The molecule has 0 bridgehead atoms.